The molecule has 8 heteroatoms. The number of fused-ring (bicyclic) bond motifs is 8. The van der Waals surface area contributed by atoms with Crippen molar-refractivity contribution in [2.75, 3.05) is 21.3 Å². The largest absolute Gasteiger partial charge is 0.507 e. The molecule has 0 saturated heterocycles. The van der Waals surface area contributed by atoms with Crippen LogP contribution < -0.4 is 14.2 Å². The predicted molar refractivity (Wildman–Crippen MR) is 243 cm³/mol. The fourth-order valence-corrected chi connectivity index (χ4v) is 9.47. The normalized spacial score (nSPS) is 16.8. The van der Waals surface area contributed by atoms with Gasteiger partial charge in [0.05, 0.1) is 21.3 Å². The third-order valence-corrected chi connectivity index (χ3v) is 12.3. The highest BCUT2D eigenvalue weighted by Crippen LogP contribution is 2.54. The van der Waals surface area contributed by atoms with Crippen LogP contribution in [0.1, 0.15) is 90.4 Å². The van der Waals surface area contributed by atoms with Gasteiger partial charge in [0, 0.05) is 92.4 Å². The zero-order valence-corrected chi connectivity index (χ0v) is 34.9. The molecule has 8 nitrogen and oxygen atoms in total. The van der Waals surface area contributed by atoms with Gasteiger partial charge in [0.2, 0.25) is 0 Å². The Balaban J connectivity index is 1.50. The van der Waals surface area contributed by atoms with Crippen LogP contribution in [0.15, 0.2) is 170 Å². The van der Waals surface area contributed by atoms with Crippen LogP contribution in [0.25, 0.3) is 0 Å². The molecule has 0 amide bonds. The summed E-state index contributed by atoms with van der Waals surface area (Å²) < 4.78 is 18.5. The highest BCUT2D eigenvalue weighted by atomic mass is 16.5. The van der Waals surface area contributed by atoms with E-state index in [-0.39, 0.29) is 28.7 Å². The number of methoxy groups -OCH3 is 3. The summed E-state index contributed by atoms with van der Waals surface area (Å²) in [7, 11) is 4.77. The molecular formula is C55H46O8. The first-order valence-electron chi connectivity index (χ1n) is 20.7. The number of aromatic hydroxyl groups is 5. The minimum absolute atomic E-state index is 0.0710. The summed E-state index contributed by atoms with van der Waals surface area (Å²) in [6, 6.07) is 52.4. The van der Waals surface area contributed by atoms with E-state index in [0.717, 1.165) is 27.8 Å². The summed E-state index contributed by atoms with van der Waals surface area (Å²) in [5, 5.41) is 60.2. The number of phenols is 5. The highest BCUT2D eigenvalue weighted by Gasteiger charge is 2.35. The fraction of sp³-hybridized carbons (Fsp3) is 0.127. The molecule has 1 aliphatic rings. The van der Waals surface area contributed by atoms with Gasteiger partial charge in [0.1, 0.15) is 46.0 Å². The van der Waals surface area contributed by atoms with Crippen LogP contribution in [0.5, 0.6) is 46.0 Å². The number of rotatable bonds is 7. The van der Waals surface area contributed by atoms with Gasteiger partial charge in [0.15, 0.2) is 0 Å². The van der Waals surface area contributed by atoms with Crippen molar-refractivity contribution in [3.05, 3.63) is 237 Å². The van der Waals surface area contributed by atoms with Gasteiger partial charge in [-0.05, 0) is 46.5 Å². The molecule has 0 aliphatic heterocycles. The van der Waals surface area contributed by atoms with Crippen molar-refractivity contribution in [2.45, 2.75) is 23.7 Å². The Morgan fingerprint density at radius 1 is 0.270 bits per heavy atom. The lowest BCUT2D eigenvalue weighted by Crippen LogP contribution is -2.14. The fourth-order valence-electron chi connectivity index (χ4n) is 9.47. The maximum Gasteiger partial charge on any atom is 0.126 e. The van der Waals surface area contributed by atoms with Gasteiger partial charge in [-0.15, -0.1) is 0 Å². The van der Waals surface area contributed by atoms with Crippen LogP contribution in [-0.4, -0.2) is 46.9 Å². The van der Waals surface area contributed by atoms with E-state index in [9.17, 15) is 25.5 Å². The van der Waals surface area contributed by atoms with Gasteiger partial charge in [-0.25, -0.2) is 0 Å². The van der Waals surface area contributed by atoms with Crippen molar-refractivity contribution in [3.63, 3.8) is 0 Å². The molecule has 0 radical (unpaired) electrons. The summed E-state index contributed by atoms with van der Waals surface area (Å²) >= 11 is 0. The van der Waals surface area contributed by atoms with Crippen molar-refractivity contribution in [2.24, 2.45) is 0 Å². The molecule has 0 saturated carbocycles. The highest BCUT2D eigenvalue weighted by molar-refractivity contribution is 5.67. The maximum absolute atomic E-state index is 12.2. The number of benzene rings is 8. The zero-order valence-electron chi connectivity index (χ0n) is 34.9. The van der Waals surface area contributed by atoms with Crippen LogP contribution in [0.4, 0.5) is 0 Å². The summed E-state index contributed by atoms with van der Waals surface area (Å²) in [6.07, 6.45) is 0. The van der Waals surface area contributed by atoms with E-state index in [2.05, 4.69) is 0 Å². The van der Waals surface area contributed by atoms with Crippen LogP contribution >= 0.6 is 0 Å². The molecule has 4 unspecified atom stereocenters. The Hall–Kier alpha value is -7.84. The molecular weight excluding hydrogens is 789 g/mol. The summed E-state index contributed by atoms with van der Waals surface area (Å²) in [4.78, 5) is 0. The lowest BCUT2D eigenvalue weighted by molar-refractivity contribution is 0.385. The molecule has 1 aliphatic carbocycles. The number of hydrogen-bond acceptors (Lipinski definition) is 8. The first-order valence-corrected chi connectivity index (χ1v) is 20.7. The molecule has 5 N–H and O–H groups in total. The number of hydrogen-bond donors (Lipinski definition) is 5. The Labute approximate surface area is 366 Å². The van der Waals surface area contributed by atoms with Gasteiger partial charge in [-0.2, -0.15) is 0 Å². The summed E-state index contributed by atoms with van der Waals surface area (Å²) in [5.74, 6) is -2.24. The van der Waals surface area contributed by atoms with E-state index in [1.165, 1.54) is 12.1 Å². The SMILES string of the molecule is COc1cc(OC)c2cc1C(c1ccccc1)c1cc(c(O)cc1O)C(c1ccccc1)c1cc(c(O)cc1O)C(c1ccccc1)c1cc(c(OC)cc1O)C2c1ccccc1. The van der Waals surface area contributed by atoms with Crippen LogP contribution in [-0.2, 0) is 0 Å². The van der Waals surface area contributed by atoms with Crippen molar-refractivity contribution in [1.82, 2.24) is 0 Å². The third-order valence-electron chi connectivity index (χ3n) is 12.3. The minimum atomic E-state index is -0.818. The van der Waals surface area contributed by atoms with Gasteiger partial charge in [0.25, 0.3) is 0 Å². The van der Waals surface area contributed by atoms with E-state index >= 15 is 0 Å². The molecule has 0 fully saturated rings. The molecule has 8 bridgehead atoms. The second kappa shape index (κ2) is 16.9. The lowest BCUT2D eigenvalue weighted by atomic mass is 9.75. The van der Waals surface area contributed by atoms with Gasteiger partial charge in [-0.3, -0.25) is 0 Å². The second-order valence-electron chi connectivity index (χ2n) is 15.8. The third kappa shape index (κ3) is 7.29. The molecule has 63 heavy (non-hydrogen) atoms. The first-order chi connectivity index (χ1) is 30.7. The zero-order chi connectivity index (χ0) is 43.8. The van der Waals surface area contributed by atoms with E-state index in [0.29, 0.717) is 56.2 Å². The Morgan fingerprint density at radius 2 is 0.492 bits per heavy atom. The van der Waals surface area contributed by atoms with E-state index in [1.807, 2.05) is 140 Å². The van der Waals surface area contributed by atoms with Gasteiger partial charge >= 0.3 is 0 Å². The maximum atomic E-state index is 12.2. The van der Waals surface area contributed by atoms with Crippen molar-refractivity contribution in [3.8, 4) is 46.0 Å². The predicted octanol–water partition coefficient (Wildman–Crippen LogP) is 11.3. The van der Waals surface area contributed by atoms with Crippen LogP contribution in [0, 0.1) is 0 Å². The quantitative estimate of drug-likeness (QED) is 0.107. The van der Waals surface area contributed by atoms with Crippen molar-refractivity contribution in [1.29, 1.82) is 0 Å². The smallest absolute Gasteiger partial charge is 0.126 e. The molecule has 9 rings (SSSR count). The Bertz CT molecular complexity index is 2920. The average Bonchev–Trinajstić information content (AvgIpc) is 3.31. The van der Waals surface area contributed by atoms with E-state index in [4.69, 9.17) is 14.2 Å². The molecule has 4 atom stereocenters. The van der Waals surface area contributed by atoms with E-state index < -0.39 is 23.7 Å². The molecule has 8 aromatic carbocycles. The Morgan fingerprint density at radius 3 is 0.794 bits per heavy atom. The Kier molecular flexibility index (Phi) is 10.9. The topological polar surface area (TPSA) is 129 Å². The number of ether oxygens (including phenoxy) is 3. The first kappa shape index (κ1) is 40.6. The summed E-state index contributed by atoms with van der Waals surface area (Å²) in [5.41, 5.74) is 7.47. The average molecular weight is 835 g/mol. The summed E-state index contributed by atoms with van der Waals surface area (Å²) in [6.45, 7) is 0. The lowest BCUT2D eigenvalue weighted by Gasteiger charge is -2.30. The van der Waals surface area contributed by atoms with Crippen LogP contribution in [0.2, 0.25) is 0 Å². The monoisotopic (exact) mass is 834 g/mol. The second-order valence-corrected chi connectivity index (χ2v) is 15.8. The molecule has 0 heterocycles. The van der Waals surface area contributed by atoms with Crippen molar-refractivity contribution < 1.29 is 39.7 Å². The number of phenolic OH excluding ortho intramolecular Hbond substituents is 5. The van der Waals surface area contributed by atoms with E-state index in [1.54, 1.807) is 39.5 Å². The standard InChI is InChI=1S/C55H46O8/c1-61-49-30-48(60)40-26-41(49)55(35-22-14-7-15-23-35)43-27-42(50(62-2)31-51(43)63-3)54(34-20-12-6-13-21-34)39-25-38(46(58)29-47(39)59)52(32-16-8-4-9-17-32)36-24-37(45(57)28-44(36)56)53(40)33-18-10-5-11-19-33/h4-31,52-60H,1-3H3. The van der Waals surface area contributed by atoms with Gasteiger partial charge < -0.3 is 39.7 Å². The molecule has 314 valence electrons. The molecule has 8 aromatic rings. The van der Waals surface area contributed by atoms with Crippen molar-refractivity contribution >= 4 is 0 Å². The minimum Gasteiger partial charge on any atom is -0.507 e. The molecule has 0 aromatic heterocycles. The van der Waals surface area contributed by atoms with Gasteiger partial charge in [-0.1, -0.05) is 121 Å². The molecule has 0 spiro atoms. The van der Waals surface area contributed by atoms with Crippen LogP contribution in [0.3, 0.4) is 0 Å².